The van der Waals surface area contributed by atoms with Crippen molar-refractivity contribution in [1.29, 1.82) is 0 Å². The summed E-state index contributed by atoms with van der Waals surface area (Å²) in [6.45, 7) is 1.47. The number of benzene rings is 1. The predicted octanol–water partition coefficient (Wildman–Crippen LogP) is 2.50. The van der Waals surface area contributed by atoms with E-state index in [-0.39, 0.29) is 5.56 Å². The second-order valence-corrected chi connectivity index (χ2v) is 2.89. The van der Waals surface area contributed by atoms with Gasteiger partial charge in [0.25, 0.3) is 0 Å². The van der Waals surface area contributed by atoms with Crippen LogP contribution in [0.2, 0.25) is 0 Å². The Bertz CT molecular complexity index is 359. The van der Waals surface area contributed by atoms with Crippen molar-refractivity contribution in [2.45, 2.75) is 13.0 Å². The Balaban J connectivity index is 3.04. The lowest BCUT2D eigenvalue weighted by Crippen LogP contribution is -1.94. The summed E-state index contributed by atoms with van der Waals surface area (Å²) in [6, 6.07) is 1.21. The van der Waals surface area contributed by atoms with Gasteiger partial charge in [-0.15, -0.1) is 0 Å². The van der Waals surface area contributed by atoms with Crippen LogP contribution in [-0.2, 0) is 0 Å². The first-order valence-electron chi connectivity index (χ1n) is 4.01. The van der Waals surface area contributed by atoms with Crippen LogP contribution in [0.1, 0.15) is 12.5 Å². The summed E-state index contributed by atoms with van der Waals surface area (Å²) in [5.41, 5.74) is -0.0928. The molecular formula is C10H9F3O. The maximum atomic E-state index is 12.9. The lowest BCUT2D eigenvalue weighted by atomic mass is 10.1. The average Bonchev–Trinajstić information content (AvgIpc) is 2.09. The van der Waals surface area contributed by atoms with E-state index < -0.39 is 23.6 Å². The summed E-state index contributed by atoms with van der Waals surface area (Å²) in [7, 11) is 0. The van der Waals surface area contributed by atoms with Crippen LogP contribution >= 0.6 is 0 Å². The normalized spacial score (nSPS) is 13.5. The monoisotopic (exact) mass is 202 g/mol. The minimum atomic E-state index is -1.23. The molecule has 0 saturated heterocycles. The minimum absolute atomic E-state index is 0.0928. The Morgan fingerprint density at radius 1 is 1.14 bits per heavy atom. The van der Waals surface area contributed by atoms with Gasteiger partial charge < -0.3 is 5.11 Å². The molecule has 0 aliphatic carbocycles. The molecule has 0 heterocycles. The molecule has 1 unspecified atom stereocenters. The fraction of sp³-hybridized carbons (Fsp3) is 0.200. The molecule has 0 spiro atoms. The largest absolute Gasteiger partial charge is 0.389 e. The highest BCUT2D eigenvalue weighted by atomic mass is 19.2. The van der Waals surface area contributed by atoms with E-state index in [4.69, 9.17) is 5.11 Å². The van der Waals surface area contributed by atoms with Crippen molar-refractivity contribution in [3.05, 3.63) is 41.2 Å². The molecule has 0 amide bonds. The quantitative estimate of drug-likeness (QED) is 0.730. The van der Waals surface area contributed by atoms with Gasteiger partial charge in [-0.3, -0.25) is 0 Å². The van der Waals surface area contributed by atoms with Crippen LogP contribution in [0.25, 0.3) is 6.08 Å². The summed E-state index contributed by atoms with van der Waals surface area (Å²) in [5, 5.41) is 8.85. The van der Waals surface area contributed by atoms with E-state index in [1.807, 2.05) is 0 Å². The molecule has 0 bridgehead atoms. The van der Waals surface area contributed by atoms with Gasteiger partial charge in [-0.25, -0.2) is 13.2 Å². The van der Waals surface area contributed by atoms with Crippen LogP contribution in [0.15, 0.2) is 18.2 Å². The van der Waals surface area contributed by atoms with Gasteiger partial charge in [-0.1, -0.05) is 12.2 Å². The first-order chi connectivity index (χ1) is 6.50. The summed E-state index contributed by atoms with van der Waals surface area (Å²) in [5.74, 6) is -3.20. The molecule has 1 atom stereocenters. The standard InChI is InChI=1S/C10H9F3O/c1-6(14)2-3-7-4-9(12)10(13)5-8(7)11/h2-6,14H,1H3/b3-2+. The zero-order valence-electron chi connectivity index (χ0n) is 7.47. The molecule has 4 heteroatoms. The Hall–Kier alpha value is -1.29. The molecule has 1 nitrogen and oxygen atoms in total. The Kier molecular flexibility index (Phi) is 3.30. The van der Waals surface area contributed by atoms with Crippen LogP contribution in [0, 0.1) is 17.5 Å². The van der Waals surface area contributed by atoms with E-state index in [1.165, 1.54) is 19.1 Å². The van der Waals surface area contributed by atoms with Gasteiger partial charge >= 0.3 is 0 Å². The molecule has 0 fully saturated rings. The maximum Gasteiger partial charge on any atom is 0.161 e. The van der Waals surface area contributed by atoms with Gasteiger partial charge in [0.15, 0.2) is 11.6 Å². The van der Waals surface area contributed by atoms with E-state index in [0.717, 1.165) is 6.07 Å². The first-order valence-corrected chi connectivity index (χ1v) is 4.01. The molecule has 0 aliphatic rings. The summed E-state index contributed by atoms with van der Waals surface area (Å²) < 4.78 is 38.1. The molecule has 0 aromatic heterocycles. The van der Waals surface area contributed by atoms with Gasteiger partial charge in [0.2, 0.25) is 0 Å². The highest BCUT2D eigenvalue weighted by Crippen LogP contribution is 2.15. The van der Waals surface area contributed by atoms with Crippen molar-refractivity contribution in [2.24, 2.45) is 0 Å². The topological polar surface area (TPSA) is 20.2 Å². The van der Waals surface area contributed by atoms with Crippen LogP contribution in [0.5, 0.6) is 0 Å². The third-order valence-electron chi connectivity index (χ3n) is 1.59. The van der Waals surface area contributed by atoms with Crippen molar-refractivity contribution in [2.75, 3.05) is 0 Å². The first kappa shape index (κ1) is 10.8. The summed E-state index contributed by atoms with van der Waals surface area (Å²) in [4.78, 5) is 0. The van der Waals surface area contributed by atoms with Crippen molar-refractivity contribution >= 4 is 6.08 Å². The molecule has 1 aromatic carbocycles. The number of aliphatic hydroxyl groups excluding tert-OH is 1. The van der Waals surface area contributed by atoms with Crippen LogP contribution < -0.4 is 0 Å². The Morgan fingerprint density at radius 3 is 2.29 bits per heavy atom. The molecule has 0 radical (unpaired) electrons. The van der Waals surface area contributed by atoms with Crippen LogP contribution in [-0.4, -0.2) is 11.2 Å². The van der Waals surface area contributed by atoms with Crippen molar-refractivity contribution < 1.29 is 18.3 Å². The second kappa shape index (κ2) is 4.28. The highest BCUT2D eigenvalue weighted by molar-refractivity contribution is 5.50. The molecule has 0 aliphatic heterocycles. The van der Waals surface area contributed by atoms with E-state index in [0.29, 0.717) is 6.07 Å². The number of hydrogen-bond donors (Lipinski definition) is 1. The zero-order chi connectivity index (χ0) is 10.7. The third kappa shape index (κ3) is 2.60. The lowest BCUT2D eigenvalue weighted by Gasteiger charge is -1.99. The SMILES string of the molecule is CC(O)/C=C/c1cc(F)c(F)cc1F. The lowest BCUT2D eigenvalue weighted by molar-refractivity contribution is 0.245. The smallest absolute Gasteiger partial charge is 0.161 e. The molecule has 1 N–H and O–H groups in total. The maximum absolute atomic E-state index is 12.9. The molecule has 0 saturated carbocycles. The number of hydrogen-bond acceptors (Lipinski definition) is 1. The molecule has 76 valence electrons. The molecule has 14 heavy (non-hydrogen) atoms. The van der Waals surface area contributed by atoms with E-state index in [1.54, 1.807) is 0 Å². The summed E-state index contributed by atoms with van der Waals surface area (Å²) in [6.07, 6.45) is 1.71. The highest BCUT2D eigenvalue weighted by Gasteiger charge is 2.07. The summed E-state index contributed by atoms with van der Waals surface area (Å²) >= 11 is 0. The fourth-order valence-electron chi connectivity index (χ4n) is 0.909. The van der Waals surface area contributed by atoms with Gasteiger partial charge in [0.05, 0.1) is 6.10 Å². The van der Waals surface area contributed by atoms with Crippen LogP contribution in [0.4, 0.5) is 13.2 Å². The molecular weight excluding hydrogens is 193 g/mol. The van der Waals surface area contributed by atoms with Gasteiger partial charge in [0.1, 0.15) is 5.82 Å². The fourth-order valence-corrected chi connectivity index (χ4v) is 0.909. The average molecular weight is 202 g/mol. The van der Waals surface area contributed by atoms with Gasteiger partial charge in [-0.05, 0) is 13.0 Å². The predicted molar refractivity (Wildman–Crippen MR) is 47.0 cm³/mol. The van der Waals surface area contributed by atoms with Gasteiger partial charge in [-0.2, -0.15) is 0 Å². The zero-order valence-corrected chi connectivity index (χ0v) is 7.47. The minimum Gasteiger partial charge on any atom is -0.389 e. The molecule has 1 rings (SSSR count). The van der Waals surface area contributed by atoms with Crippen molar-refractivity contribution in [3.8, 4) is 0 Å². The van der Waals surface area contributed by atoms with E-state index >= 15 is 0 Å². The van der Waals surface area contributed by atoms with E-state index in [9.17, 15) is 13.2 Å². The second-order valence-electron chi connectivity index (χ2n) is 2.89. The van der Waals surface area contributed by atoms with Crippen LogP contribution in [0.3, 0.4) is 0 Å². The molecule has 1 aromatic rings. The van der Waals surface area contributed by atoms with Crippen molar-refractivity contribution in [1.82, 2.24) is 0 Å². The van der Waals surface area contributed by atoms with Crippen molar-refractivity contribution in [3.63, 3.8) is 0 Å². The number of aliphatic hydroxyl groups is 1. The number of rotatable bonds is 2. The number of halogens is 3. The Morgan fingerprint density at radius 2 is 1.71 bits per heavy atom. The third-order valence-corrected chi connectivity index (χ3v) is 1.59. The van der Waals surface area contributed by atoms with E-state index in [2.05, 4.69) is 0 Å². The Labute approximate surface area is 79.5 Å². The van der Waals surface area contributed by atoms with Gasteiger partial charge in [0, 0.05) is 11.6 Å².